The van der Waals surface area contributed by atoms with Gasteiger partial charge < -0.3 is 19.5 Å². The standard InChI is InChI=1S/C28H33F3N4O8S/c1-28(2,3)43-27(39)33(11-7-10-22(29)30)14-18-12-19-20(35(18)26(37)38)13-21(42-16-17-8-5-4-6-9-17)25(24(19)31)34-15-23(36)32-44(34,40)41/h4-6,8-9,13,18,22H,7,10-12,14-16H2,1-3H3,(H,32,36)(H,37,38)/t18-/m1/s1. The highest BCUT2D eigenvalue weighted by atomic mass is 32.2. The predicted octanol–water partition coefficient (Wildman–Crippen LogP) is 4.28. The van der Waals surface area contributed by atoms with Crippen LogP contribution >= 0.6 is 0 Å². The van der Waals surface area contributed by atoms with Gasteiger partial charge >= 0.3 is 22.4 Å². The van der Waals surface area contributed by atoms with E-state index in [1.807, 2.05) is 0 Å². The zero-order valence-electron chi connectivity index (χ0n) is 24.3. The van der Waals surface area contributed by atoms with E-state index in [1.165, 1.54) is 6.07 Å². The van der Waals surface area contributed by atoms with Crippen molar-refractivity contribution in [3.63, 3.8) is 0 Å². The molecule has 1 fully saturated rings. The Hall–Kier alpha value is -4.21. The van der Waals surface area contributed by atoms with Crippen LogP contribution in [0.15, 0.2) is 36.4 Å². The third kappa shape index (κ3) is 7.46. The summed E-state index contributed by atoms with van der Waals surface area (Å²) in [6.45, 7) is 3.43. The summed E-state index contributed by atoms with van der Waals surface area (Å²) in [6, 6.07) is 8.72. The Labute approximate surface area is 252 Å². The summed E-state index contributed by atoms with van der Waals surface area (Å²) >= 11 is 0. The van der Waals surface area contributed by atoms with Gasteiger partial charge in [0.25, 0.3) is 5.91 Å². The number of hydrogen-bond acceptors (Lipinski definition) is 7. The number of anilines is 2. The Balaban J connectivity index is 1.74. The van der Waals surface area contributed by atoms with Crippen LogP contribution in [0.1, 0.15) is 44.7 Å². The Morgan fingerprint density at radius 1 is 1.20 bits per heavy atom. The zero-order valence-corrected chi connectivity index (χ0v) is 25.1. The number of fused-ring (bicyclic) bond motifs is 1. The number of benzene rings is 2. The highest BCUT2D eigenvalue weighted by molar-refractivity contribution is 7.92. The maximum Gasteiger partial charge on any atom is 0.412 e. The van der Waals surface area contributed by atoms with E-state index in [9.17, 15) is 36.7 Å². The number of halogens is 3. The molecule has 2 aromatic rings. The van der Waals surface area contributed by atoms with E-state index in [4.69, 9.17) is 9.47 Å². The van der Waals surface area contributed by atoms with Crippen molar-refractivity contribution in [2.45, 2.75) is 64.7 Å². The molecule has 3 amide bonds. The summed E-state index contributed by atoms with van der Waals surface area (Å²) in [6.07, 6.45) is -5.90. The molecule has 12 nitrogen and oxygen atoms in total. The van der Waals surface area contributed by atoms with Gasteiger partial charge in [-0.2, -0.15) is 8.42 Å². The first-order valence-electron chi connectivity index (χ1n) is 13.7. The number of ether oxygens (including phenoxy) is 2. The molecule has 2 aromatic carbocycles. The minimum Gasteiger partial charge on any atom is -0.487 e. The van der Waals surface area contributed by atoms with Crippen molar-refractivity contribution in [1.29, 1.82) is 0 Å². The molecule has 16 heteroatoms. The van der Waals surface area contributed by atoms with E-state index in [1.54, 1.807) is 55.8 Å². The minimum atomic E-state index is -4.49. The number of hydrogen-bond donors (Lipinski definition) is 2. The fourth-order valence-electron chi connectivity index (χ4n) is 4.98. The molecule has 2 aliphatic rings. The van der Waals surface area contributed by atoms with Crippen molar-refractivity contribution in [2.24, 2.45) is 0 Å². The number of nitrogens with zero attached hydrogens (tertiary/aromatic N) is 3. The fraction of sp³-hybridized carbons (Fsp3) is 0.464. The van der Waals surface area contributed by atoms with Gasteiger partial charge in [0.05, 0.1) is 11.7 Å². The van der Waals surface area contributed by atoms with E-state index < -0.39 is 70.8 Å². The van der Waals surface area contributed by atoms with Gasteiger partial charge in [0.15, 0.2) is 5.82 Å². The molecule has 0 radical (unpaired) electrons. The number of amides is 3. The first kappa shape index (κ1) is 32.7. The number of nitrogens with one attached hydrogen (secondary N) is 1. The highest BCUT2D eigenvalue weighted by Crippen LogP contribution is 2.45. The van der Waals surface area contributed by atoms with Crippen molar-refractivity contribution in [2.75, 3.05) is 28.8 Å². The molecule has 0 aliphatic carbocycles. The van der Waals surface area contributed by atoms with Crippen LogP contribution in [0, 0.1) is 5.82 Å². The fourth-order valence-corrected chi connectivity index (χ4v) is 6.14. The van der Waals surface area contributed by atoms with Crippen molar-refractivity contribution in [3.8, 4) is 5.75 Å². The van der Waals surface area contributed by atoms with Crippen LogP contribution in [0.4, 0.5) is 34.1 Å². The first-order valence-corrected chi connectivity index (χ1v) is 15.1. The largest absolute Gasteiger partial charge is 0.487 e. The lowest BCUT2D eigenvalue weighted by molar-refractivity contribution is -0.117. The molecule has 0 spiro atoms. The third-order valence-corrected chi connectivity index (χ3v) is 8.17. The molecule has 0 unspecified atom stereocenters. The number of rotatable bonds is 10. The molecule has 2 N–H and O–H groups in total. The van der Waals surface area contributed by atoms with Crippen molar-refractivity contribution < 1.29 is 50.6 Å². The Bertz CT molecular complexity index is 1520. The Kier molecular flexibility index (Phi) is 9.51. The monoisotopic (exact) mass is 642 g/mol. The molecule has 44 heavy (non-hydrogen) atoms. The molecule has 2 heterocycles. The summed E-state index contributed by atoms with van der Waals surface area (Å²) in [5, 5.41) is 10.2. The molecule has 0 aromatic heterocycles. The molecule has 4 rings (SSSR count). The lowest BCUT2D eigenvalue weighted by Crippen LogP contribution is -2.48. The second kappa shape index (κ2) is 12.8. The molecule has 1 atom stereocenters. The van der Waals surface area contributed by atoms with Gasteiger partial charge in [-0.1, -0.05) is 30.3 Å². The molecular formula is C28H33F3N4O8S. The maximum atomic E-state index is 16.4. The number of carbonyl (C=O) groups is 3. The van der Waals surface area contributed by atoms with E-state index in [-0.39, 0.29) is 49.5 Å². The van der Waals surface area contributed by atoms with Crippen LogP contribution < -0.4 is 18.7 Å². The van der Waals surface area contributed by atoms with Crippen LogP contribution in [0.5, 0.6) is 5.75 Å². The Morgan fingerprint density at radius 3 is 2.45 bits per heavy atom. The lowest BCUT2D eigenvalue weighted by atomic mass is 10.1. The molecular weight excluding hydrogens is 609 g/mol. The number of carboxylic acid groups (broad SMARTS) is 1. The van der Waals surface area contributed by atoms with Crippen LogP contribution in [0.2, 0.25) is 0 Å². The zero-order chi connectivity index (χ0) is 32.4. The van der Waals surface area contributed by atoms with E-state index in [0.29, 0.717) is 9.87 Å². The molecule has 0 saturated carbocycles. The van der Waals surface area contributed by atoms with Crippen LogP contribution in [0.3, 0.4) is 0 Å². The molecule has 2 aliphatic heterocycles. The van der Waals surface area contributed by atoms with Crippen molar-refractivity contribution in [3.05, 3.63) is 53.3 Å². The van der Waals surface area contributed by atoms with E-state index in [2.05, 4.69) is 0 Å². The number of alkyl halides is 2. The Morgan fingerprint density at radius 2 is 1.89 bits per heavy atom. The average molecular weight is 643 g/mol. The van der Waals surface area contributed by atoms with Gasteiger partial charge in [0.1, 0.15) is 30.2 Å². The summed E-state index contributed by atoms with van der Waals surface area (Å²) < 4.78 is 81.1. The van der Waals surface area contributed by atoms with Crippen LogP contribution in [0.25, 0.3) is 0 Å². The highest BCUT2D eigenvalue weighted by Gasteiger charge is 2.44. The minimum absolute atomic E-state index is 0.104. The average Bonchev–Trinajstić information content (AvgIpc) is 3.41. The second-order valence-corrected chi connectivity index (χ2v) is 12.9. The van der Waals surface area contributed by atoms with Crippen molar-refractivity contribution in [1.82, 2.24) is 9.62 Å². The van der Waals surface area contributed by atoms with Crippen LogP contribution in [-0.4, -0.2) is 74.2 Å². The van der Waals surface area contributed by atoms with E-state index >= 15 is 4.39 Å². The predicted molar refractivity (Wildman–Crippen MR) is 153 cm³/mol. The second-order valence-electron chi connectivity index (χ2n) is 11.3. The number of carbonyl (C=O) groups excluding carboxylic acids is 2. The quantitative estimate of drug-likeness (QED) is 0.391. The first-order chi connectivity index (χ1) is 20.6. The summed E-state index contributed by atoms with van der Waals surface area (Å²) in [7, 11) is -4.49. The SMILES string of the molecule is CC(C)(C)OC(=O)N(CCCC(F)F)C[C@H]1Cc2c(cc(OCc3ccccc3)c(N3CC(=O)NS3(=O)=O)c2F)N1C(=O)O. The smallest absolute Gasteiger partial charge is 0.412 e. The molecule has 240 valence electrons. The molecule has 1 saturated heterocycles. The van der Waals surface area contributed by atoms with Gasteiger partial charge in [-0.05, 0) is 32.8 Å². The summed E-state index contributed by atoms with van der Waals surface area (Å²) in [5.41, 5.74) is -1.22. The normalized spacial score (nSPS) is 17.4. The van der Waals surface area contributed by atoms with Gasteiger partial charge in [-0.15, -0.1) is 0 Å². The maximum absolute atomic E-state index is 16.4. The summed E-state index contributed by atoms with van der Waals surface area (Å²) in [5.74, 6) is -2.36. The summed E-state index contributed by atoms with van der Waals surface area (Å²) in [4.78, 5) is 39.4. The van der Waals surface area contributed by atoms with Gasteiger partial charge in [0, 0.05) is 37.6 Å². The lowest BCUT2D eigenvalue weighted by Gasteiger charge is -2.31. The van der Waals surface area contributed by atoms with Gasteiger partial charge in [0.2, 0.25) is 6.43 Å². The van der Waals surface area contributed by atoms with Gasteiger partial charge in [-0.3, -0.25) is 9.69 Å². The topological polar surface area (TPSA) is 146 Å². The third-order valence-electron chi connectivity index (χ3n) is 6.79. The van der Waals surface area contributed by atoms with Gasteiger partial charge in [-0.25, -0.2) is 31.8 Å². The van der Waals surface area contributed by atoms with Crippen molar-refractivity contribution >= 4 is 39.7 Å². The molecule has 0 bridgehead atoms. The van der Waals surface area contributed by atoms with E-state index in [0.717, 1.165) is 9.80 Å². The van der Waals surface area contributed by atoms with Crippen LogP contribution in [-0.2, 0) is 32.8 Å².